The maximum absolute atomic E-state index is 13.8. The molecule has 1 aliphatic rings. The van der Waals surface area contributed by atoms with Gasteiger partial charge < -0.3 is 15.5 Å². The first kappa shape index (κ1) is 25.5. The first-order valence-corrected chi connectivity index (χ1v) is 10.7. The number of halogens is 4. The van der Waals surface area contributed by atoms with Gasteiger partial charge in [0.15, 0.2) is 0 Å². The van der Waals surface area contributed by atoms with E-state index in [9.17, 15) is 27.5 Å². The molecule has 3 rings (SSSR count). The van der Waals surface area contributed by atoms with Crippen molar-refractivity contribution in [2.45, 2.75) is 32.4 Å². The summed E-state index contributed by atoms with van der Waals surface area (Å²) in [6.45, 7) is 4.23. The number of amides is 1. The second-order valence-electron chi connectivity index (χ2n) is 7.05. The molecule has 12 heteroatoms. The highest BCUT2D eigenvalue weighted by Crippen LogP contribution is 2.35. The highest BCUT2D eigenvalue weighted by Gasteiger charge is 2.38. The largest absolute Gasteiger partial charge is 0.490 e. The molecule has 0 aliphatic carbocycles. The van der Waals surface area contributed by atoms with E-state index >= 15 is 0 Å². The summed E-state index contributed by atoms with van der Waals surface area (Å²) >= 11 is 1.42. The number of alkyl halides is 3. The Hall–Kier alpha value is -2.73. The molecular weight excluding hydrogens is 454 g/mol. The van der Waals surface area contributed by atoms with Crippen molar-refractivity contribution >= 4 is 29.1 Å². The van der Waals surface area contributed by atoms with Gasteiger partial charge in [0.25, 0.3) is 0 Å². The van der Waals surface area contributed by atoms with Crippen molar-refractivity contribution in [1.82, 2.24) is 10.3 Å². The molecule has 1 fully saturated rings. The van der Waals surface area contributed by atoms with Crippen LogP contribution in [0.2, 0.25) is 0 Å². The first-order chi connectivity index (χ1) is 15.0. The third-order valence-corrected chi connectivity index (χ3v) is 5.69. The number of piperidine rings is 1. The smallest absolute Gasteiger partial charge is 0.475 e. The third-order valence-electron chi connectivity index (χ3n) is 4.77. The van der Waals surface area contributed by atoms with Crippen molar-refractivity contribution in [3.05, 3.63) is 35.1 Å². The Morgan fingerprint density at radius 2 is 1.88 bits per heavy atom. The quantitative estimate of drug-likeness (QED) is 0.543. The minimum Gasteiger partial charge on any atom is -0.475 e. The monoisotopic (exact) mass is 477 g/mol. The van der Waals surface area contributed by atoms with E-state index in [1.54, 1.807) is 6.07 Å². The van der Waals surface area contributed by atoms with Gasteiger partial charge in [0.2, 0.25) is 0 Å². The van der Waals surface area contributed by atoms with E-state index in [-0.39, 0.29) is 5.82 Å². The van der Waals surface area contributed by atoms with Gasteiger partial charge in [-0.2, -0.15) is 13.2 Å². The zero-order chi connectivity index (χ0) is 23.9. The molecule has 3 N–H and O–H groups in total. The first-order valence-electron chi connectivity index (χ1n) is 9.78. The van der Waals surface area contributed by atoms with Crippen LogP contribution in [0, 0.1) is 11.7 Å². The number of nitrogens with zero attached hydrogens (tertiary/aromatic N) is 2. The number of hydrogen-bond acceptors (Lipinski definition) is 5. The SMILES string of the molecule is CCc1csc(-c2cc(F)ccc2N(CC2CCNCC2)C(=O)O)n1.O=C(O)C(F)(F)F. The van der Waals surface area contributed by atoms with Crippen LogP contribution in [-0.2, 0) is 11.2 Å². The van der Waals surface area contributed by atoms with Crippen LogP contribution in [0.15, 0.2) is 23.6 Å². The molecule has 1 aromatic heterocycles. The standard InChI is InChI=1S/C18H22FN3O2S.C2HF3O2/c1-2-14-11-25-17(21-14)15-9-13(19)3-4-16(15)22(18(23)24)10-12-5-7-20-8-6-12;3-2(4,5)1(6)7/h3-4,9,11-12,20H,2,5-8,10H2,1H3,(H,23,24);(H,6,7). The van der Waals surface area contributed by atoms with Crippen molar-refractivity contribution in [1.29, 1.82) is 0 Å². The van der Waals surface area contributed by atoms with Gasteiger partial charge in [-0.25, -0.2) is 19.0 Å². The van der Waals surface area contributed by atoms with E-state index in [0.717, 1.165) is 38.0 Å². The summed E-state index contributed by atoms with van der Waals surface area (Å²) in [6, 6.07) is 4.24. The number of rotatable bonds is 5. The van der Waals surface area contributed by atoms with Gasteiger partial charge in [0, 0.05) is 17.5 Å². The number of carboxylic acid groups (broad SMARTS) is 2. The van der Waals surface area contributed by atoms with E-state index in [1.165, 1.54) is 28.4 Å². The van der Waals surface area contributed by atoms with Crippen molar-refractivity contribution in [2.75, 3.05) is 24.5 Å². The minimum absolute atomic E-state index is 0.303. The predicted molar refractivity (Wildman–Crippen MR) is 112 cm³/mol. The predicted octanol–water partition coefficient (Wildman–Crippen LogP) is 4.63. The molecule has 1 aliphatic heterocycles. The van der Waals surface area contributed by atoms with Crippen LogP contribution in [0.4, 0.5) is 28.0 Å². The summed E-state index contributed by atoms with van der Waals surface area (Å²) in [4.78, 5) is 26.7. The van der Waals surface area contributed by atoms with Gasteiger partial charge >= 0.3 is 18.2 Å². The summed E-state index contributed by atoms with van der Waals surface area (Å²) in [5, 5.41) is 22.7. The molecule has 0 bridgehead atoms. The van der Waals surface area contributed by atoms with E-state index in [2.05, 4.69) is 10.3 Å². The van der Waals surface area contributed by atoms with Crippen LogP contribution < -0.4 is 10.2 Å². The second-order valence-corrected chi connectivity index (χ2v) is 7.91. The second kappa shape index (κ2) is 11.2. The third kappa shape index (κ3) is 7.16. The lowest BCUT2D eigenvalue weighted by Crippen LogP contribution is -2.39. The van der Waals surface area contributed by atoms with Crippen LogP contribution in [0.25, 0.3) is 10.6 Å². The maximum Gasteiger partial charge on any atom is 0.490 e. The number of carbonyl (C=O) groups is 2. The molecule has 0 atom stereocenters. The zero-order valence-electron chi connectivity index (χ0n) is 17.2. The van der Waals surface area contributed by atoms with Crippen LogP contribution in [0.3, 0.4) is 0 Å². The van der Waals surface area contributed by atoms with Crippen LogP contribution in [-0.4, -0.2) is 53.1 Å². The van der Waals surface area contributed by atoms with Crippen molar-refractivity contribution in [2.24, 2.45) is 5.92 Å². The summed E-state index contributed by atoms with van der Waals surface area (Å²) in [5.41, 5.74) is 1.97. The van der Waals surface area contributed by atoms with Crippen LogP contribution in [0.5, 0.6) is 0 Å². The fraction of sp³-hybridized carbons (Fsp3) is 0.450. The Balaban J connectivity index is 0.000000451. The highest BCUT2D eigenvalue weighted by molar-refractivity contribution is 7.13. The average molecular weight is 477 g/mol. The lowest BCUT2D eigenvalue weighted by atomic mass is 9.97. The molecule has 1 aromatic carbocycles. The number of aryl methyl sites for hydroxylation is 1. The number of hydrogen-bond donors (Lipinski definition) is 3. The van der Waals surface area contributed by atoms with Gasteiger partial charge in [-0.1, -0.05) is 6.92 Å². The zero-order valence-corrected chi connectivity index (χ0v) is 18.0. The molecule has 0 spiro atoms. The molecule has 0 radical (unpaired) electrons. The highest BCUT2D eigenvalue weighted by atomic mass is 32.1. The van der Waals surface area contributed by atoms with Gasteiger partial charge in [0.05, 0.1) is 11.4 Å². The average Bonchev–Trinajstić information content (AvgIpc) is 3.22. The summed E-state index contributed by atoms with van der Waals surface area (Å²) in [7, 11) is 0. The number of thiazole rings is 1. The molecule has 7 nitrogen and oxygen atoms in total. The molecule has 0 unspecified atom stereocenters. The molecule has 1 amide bonds. The fourth-order valence-corrected chi connectivity index (χ4v) is 4.04. The Morgan fingerprint density at radius 3 is 2.38 bits per heavy atom. The van der Waals surface area contributed by atoms with E-state index in [1.807, 2.05) is 12.3 Å². The Kier molecular flexibility index (Phi) is 8.96. The molecule has 32 heavy (non-hydrogen) atoms. The normalized spacial score (nSPS) is 14.4. The molecule has 2 heterocycles. The van der Waals surface area contributed by atoms with Gasteiger partial charge in [0.1, 0.15) is 10.8 Å². The van der Waals surface area contributed by atoms with Crippen LogP contribution in [0.1, 0.15) is 25.5 Å². The minimum atomic E-state index is -5.08. The topological polar surface area (TPSA) is 103 Å². The summed E-state index contributed by atoms with van der Waals surface area (Å²) in [6.07, 6.45) is -3.42. The number of nitrogens with one attached hydrogen (secondary N) is 1. The molecular formula is C20H23F4N3O4S. The molecule has 0 saturated carbocycles. The number of carboxylic acids is 1. The summed E-state index contributed by atoms with van der Waals surface area (Å²) < 4.78 is 45.6. The lowest BCUT2D eigenvalue weighted by Gasteiger charge is -2.29. The van der Waals surface area contributed by atoms with E-state index in [0.29, 0.717) is 28.7 Å². The fourth-order valence-electron chi connectivity index (χ4n) is 3.11. The Labute approximate surface area is 185 Å². The Bertz CT molecular complexity index is 930. The number of anilines is 1. The number of aliphatic carboxylic acids is 1. The van der Waals surface area contributed by atoms with Crippen LogP contribution >= 0.6 is 11.3 Å². The van der Waals surface area contributed by atoms with E-state index < -0.39 is 18.2 Å². The molecule has 2 aromatic rings. The molecule has 176 valence electrons. The molecule has 1 saturated heterocycles. The number of benzene rings is 1. The van der Waals surface area contributed by atoms with Crippen molar-refractivity contribution in [3.8, 4) is 10.6 Å². The van der Waals surface area contributed by atoms with Gasteiger partial charge in [-0.15, -0.1) is 11.3 Å². The van der Waals surface area contributed by atoms with Gasteiger partial charge in [-0.3, -0.25) is 4.90 Å². The maximum atomic E-state index is 13.8. The van der Waals surface area contributed by atoms with E-state index in [4.69, 9.17) is 9.90 Å². The lowest BCUT2D eigenvalue weighted by molar-refractivity contribution is -0.192. The van der Waals surface area contributed by atoms with Gasteiger partial charge in [-0.05, 0) is 56.5 Å². The van der Waals surface area contributed by atoms with Crippen molar-refractivity contribution < 1.29 is 37.4 Å². The Morgan fingerprint density at radius 1 is 1.25 bits per heavy atom. The van der Waals surface area contributed by atoms with Crippen molar-refractivity contribution in [3.63, 3.8) is 0 Å². The summed E-state index contributed by atoms with van der Waals surface area (Å²) in [5.74, 6) is -2.84. The number of aromatic nitrogens is 1.